The second-order valence-electron chi connectivity index (χ2n) is 11.1. The lowest BCUT2D eigenvalue weighted by Crippen LogP contribution is -2.25. The minimum atomic E-state index is -0.447. The van der Waals surface area contributed by atoms with Crippen molar-refractivity contribution in [2.24, 2.45) is 17.8 Å². The Labute approximate surface area is 217 Å². The highest BCUT2D eigenvalue weighted by atomic mass is 16.5. The van der Waals surface area contributed by atoms with Gasteiger partial charge in [0.1, 0.15) is 5.75 Å². The number of rotatable bonds is 9. The summed E-state index contributed by atoms with van der Waals surface area (Å²) >= 11 is 0. The van der Waals surface area contributed by atoms with Crippen molar-refractivity contribution in [3.63, 3.8) is 0 Å². The van der Waals surface area contributed by atoms with Crippen LogP contribution < -0.4 is 16.2 Å². The van der Waals surface area contributed by atoms with Crippen molar-refractivity contribution in [2.45, 2.75) is 89.9 Å². The zero-order chi connectivity index (χ0) is 25.3. The molecule has 0 unspecified atom stereocenters. The highest BCUT2D eigenvalue weighted by molar-refractivity contribution is 5.89. The average Bonchev–Trinajstić information content (AvgIpc) is 2.88. The van der Waals surface area contributed by atoms with Gasteiger partial charge in [-0.25, -0.2) is 4.79 Å². The van der Waals surface area contributed by atoms with Crippen LogP contribution in [-0.2, 0) is 4.79 Å². The van der Waals surface area contributed by atoms with Gasteiger partial charge in [-0.3, -0.25) is 0 Å². The number of hydrogen-bond donors (Lipinski definition) is 2. The van der Waals surface area contributed by atoms with Crippen LogP contribution in [-0.4, -0.2) is 5.97 Å². The van der Waals surface area contributed by atoms with E-state index in [9.17, 15) is 4.79 Å². The molecule has 0 aliphatic heterocycles. The topological polar surface area (TPSA) is 78.3 Å². The molecule has 0 saturated heterocycles. The Bertz CT molecular complexity index is 977. The number of nitrogens with two attached hydrogens (primary N) is 2. The molecule has 4 rings (SSSR count). The zero-order valence-corrected chi connectivity index (χ0v) is 22.0. The van der Waals surface area contributed by atoms with Crippen molar-refractivity contribution >= 4 is 23.4 Å². The lowest BCUT2D eigenvalue weighted by Gasteiger charge is -2.38. The molecule has 0 bridgehead atoms. The molecule has 0 heterocycles. The quantitative estimate of drug-likeness (QED) is 0.123. The Kier molecular flexibility index (Phi) is 9.49. The van der Waals surface area contributed by atoms with E-state index in [4.69, 9.17) is 16.2 Å². The summed E-state index contributed by atoms with van der Waals surface area (Å²) < 4.78 is 5.32. The maximum atomic E-state index is 12.2. The van der Waals surface area contributed by atoms with Crippen LogP contribution in [0.5, 0.6) is 5.75 Å². The molecule has 2 aliphatic carbocycles. The second kappa shape index (κ2) is 13.0. The number of anilines is 2. The molecular weight excluding hydrogens is 444 g/mol. The van der Waals surface area contributed by atoms with Crippen LogP contribution in [0.1, 0.15) is 101 Å². The van der Waals surface area contributed by atoms with Gasteiger partial charge in [-0.15, -0.1) is 0 Å². The van der Waals surface area contributed by atoms with Gasteiger partial charge in [0.15, 0.2) is 0 Å². The van der Waals surface area contributed by atoms with Crippen molar-refractivity contribution in [1.29, 1.82) is 0 Å². The molecule has 4 nitrogen and oxygen atoms in total. The Morgan fingerprint density at radius 1 is 0.861 bits per heavy atom. The lowest BCUT2D eigenvalue weighted by atomic mass is 9.68. The van der Waals surface area contributed by atoms with Crippen LogP contribution in [0.3, 0.4) is 0 Å². The van der Waals surface area contributed by atoms with E-state index < -0.39 is 5.97 Å². The minimum Gasteiger partial charge on any atom is -0.423 e. The maximum absolute atomic E-state index is 12.2. The molecular formula is C32H44N2O2. The van der Waals surface area contributed by atoms with E-state index >= 15 is 0 Å². The molecule has 2 aromatic carbocycles. The first-order valence-electron chi connectivity index (χ1n) is 14.2. The van der Waals surface area contributed by atoms with Gasteiger partial charge in [0, 0.05) is 29.6 Å². The molecule has 0 amide bonds. The molecule has 2 aliphatic rings. The summed E-state index contributed by atoms with van der Waals surface area (Å²) in [6, 6.07) is 13.5. The summed E-state index contributed by atoms with van der Waals surface area (Å²) in [6.07, 6.45) is 20.2. The van der Waals surface area contributed by atoms with Crippen LogP contribution in [0.2, 0.25) is 0 Å². The predicted molar refractivity (Wildman–Crippen MR) is 151 cm³/mol. The van der Waals surface area contributed by atoms with Crippen molar-refractivity contribution in [3.05, 3.63) is 59.7 Å². The Morgan fingerprint density at radius 3 is 2.08 bits per heavy atom. The van der Waals surface area contributed by atoms with E-state index in [-0.39, 0.29) is 0 Å². The van der Waals surface area contributed by atoms with E-state index in [0.717, 1.165) is 23.3 Å². The largest absolute Gasteiger partial charge is 0.423 e. The molecule has 36 heavy (non-hydrogen) atoms. The average molecular weight is 489 g/mol. The number of benzene rings is 2. The van der Waals surface area contributed by atoms with Crippen LogP contribution in [0, 0.1) is 17.8 Å². The third-order valence-electron chi connectivity index (χ3n) is 8.54. The number of unbranched alkanes of at least 4 members (excludes halogenated alkanes) is 2. The molecule has 4 heteroatoms. The summed E-state index contributed by atoms with van der Waals surface area (Å²) in [6.45, 7) is 2.30. The fourth-order valence-electron chi connectivity index (χ4n) is 6.45. The van der Waals surface area contributed by atoms with Crippen LogP contribution in [0.25, 0.3) is 6.08 Å². The number of carbonyl (C=O) groups excluding carboxylic acids is 1. The normalized spacial score (nSPS) is 24.6. The summed E-state index contributed by atoms with van der Waals surface area (Å²) in [5.74, 6) is 3.51. The fraction of sp³-hybridized carbons (Fsp3) is 0.531. The van der Waals surface area contributed by atoms with E-state index in [1.807, 2.05) is 0 Å². The number of hydrogen-bond acceptors (Lipinski definition) is 4. The van der Waals surface area contributed by atoms with Gasteiger partial charge in [0.2, 0.25) is 0 Å². The smallest absolute Gasteiger partial charge is 0.336 e. The van der Waals surface area contributed by atoms with E-state index in [0.29, 0.717) is 23.0 Å². The molecule has 0 spiro atoms. The molecule has 4 N–H and O–H groups in total. The number of carbonyl (C=O) groups is 1. The lowest BCUT2D eigenvalue weighted by molar-refractivity contribution is -0.128. The van der Waals surface area contributed by atoms with Gasteiger partial charge in [0.25, 0.3) is 0 Å². The van der Waals surface area contributed by atoms with Crippen molar-refractivity contribution in [3.8, 4) is 5.75 Å². The van der Waals surface area contributed by atoms with Gasteiger partial charge in [-0.1, -0.05) is 69.7 Å². The third-order valence-corrected chi connectivity index (χ3v) is 8.54. The Balaban J connectivity index is 1.21. The first kappa shape index (κ1) is 26.3. The number of nitrogen functional groups attached to an aromatic ring is 2. The maximum Gasteiger partial charge on any atom is 0.336 e. The van der Waals surface area contributed by atoms with Gasteiger partial charge in [-0.2, -0.15) is 0 Å². The van der Waals surface area contributed by atoms with Crippen molar-refractivity contribution in [1.82, 2.24) is 0 Å². The predicted octanol–water partition coefficient (Wildman–Crippen LogP) is 8.13. The Morgan fingerprint density at radius 2 is 1.47 bits per heavy atom. The molecule has 2 fully saturated rings. The molecule has 0 atom stereocenters. The van der Waals surface area contributed by atoms with Gasteiger partial charge in [0.05, 0.1) is 0 Å². The zero-order valence-electron chi connectivity index (χ0n) is 22.0. The summed E-state index contributed by atoms with van der Waals surface area (Å²) in [7, 11) is 0. The first-order valence-corrected chi connectivity index (χ1v) is 14.2. The standard InChI is InChI=1S/C32H44N2O2/c1-2-3-4-5-23-6-11-25(12-7-23)27-15-17-28(18-16-27)26-13-8-24(9-14-26)10-19-32(35)36-31-21-29(33)20-30(34)22-31/h8-10,13-14,19-23,25,27-28H,2-7,11-12,15-18,33-34H2,1H3/b19-10+. The molecule has 2 saturated carbocycles. The molecule has 2 aromatic rings. The summed E-state index contributed by atoms with van der Waals surface area (Å²) in [5.41, 5.74) is 14.9. The van der Waals surface area contributed by atoms with Crippen LogP contribution >= 0.6 is 0 Å². The van der Waals surface area contributed by atoms with Crippen molar-refractivity contribution in [2.75, 3.05) is 11.5 Å². The third kappa shape index (κ3) is 7.62. The molecule has 194 valence electrons. The van der Waals surface area contributed by atoms with E-state index in [1.165, 1.54) is 88.7 Å². The Hall–Kier alpha value is -2.75. The SMILES string of the molecule is CCCCCC1CCC(C2CCC(c3ccc(/C=C/C(=O)Oc4cc(N)cc(N)c4)cc3)CC2)CC1. The number of esters is 1. The van der Waals surface area contributed by atoms with E-state index in [2.05, 4.69) is 31.2 Å². The highest BCUT2D eigenvalue weighted by Gasteiger charge is 2.31. The monoisotopic (exact) mass is 488 g/mol. The summed E-state index contributed by atoms with van der Waals surface area (Å²) in [5, 5.41) is 0. The van der Waals surface area contributed by atoms with Gasteiger partial charge in [-0.05, 0) is 85.5 Å². The second-order valence-corrected chi connectivity index (χ2v) is 11.1. The van der Waals surface area contributed by atoms with Crippen LogP contribution in [0.4, 0.5) is 11.4 Å². The first-order chi connectivity index (χ1) is 17.5. The molecule has 0 aromatic heterocycles. The van der Waals surface area contributed by atoms with Gasteiger partial charge >= 0.3 is 5.97 Å². The van der Waals surface area contributed by atoms with Crippen molar-refractivity contribution < 1.29 is 9.53 Å². The van der Waals surface area contributed by atoms with Gasteiger partial charge < -0.3 is 16.2 Å². The van der Waals surface area contributed by atoms with Crippen LogP contribution in [0.15, 0.2) is 48.5 Å². The summed E-state index contributed by atoms with van der Waals surface area (Å²) in [4.78, 5) is 12.2. The highest BCUT2D eigenvalue weighted by Crippen LogP contribution is 2.44. The number of ether oxygens (including phenoxy) is 1. The minimum absolute atomic E-state index is 0.355. The van der Waals surface area contributed by atoms with E-state index in [1.54, 1.807) is 24.3 Å². The fourth-order valence-corrected chi connectivity index (χ4v) is 6.45. The molecule has 0 radical (unpaired) electrons.